The normalized spacial score (nSPS) is 19.1. The van der Waals surface area contributed by atoms with Gasteiger partial charge in [0.1, 0.15) is 5.82 Å². The molecule has 0 aromatic carbocycles. The third-order valence-electron chi connectivity index (χ3n) is 4.98. The predicted molar refractivity (Wildman–Crippen MR) is 101 cm³/mol. The second-order valence-electron chi connectivity index (χ2n) is 7.28. The molecule has 4 heterocycles. The number of morpholine rings is 1. The van der Waals surface area contributed by atoms with Crippen LogP contribution in [0.2, 0.25) is 0 Å². The number of nitrogens with zero attached hydrogens (tertiary/aromatic N) is 7. The van der Waals surface area contributed by atoms with Crippen LogP contribution >= 0.6 is 0 Å². The highest BCUT2D eigenvalue weighted by Crippen LogP contribution is 2.18. The zero-order valence-corrected chi connectivity index (χ0v) is 16.0. The molecule has 0 bridgehead atoms. The number of rotatable bonds is 5. The van der Waals surface area contributed by atoms with Gasteiger partial charge in [-0.25, -0.2) is 4.98 Å². The summed E-state index contributed by atoms with van der Waals surface area (Å²) in [5.41, 5.74) is 0. The molecule has 0 saturated carbocycles. The highest BCUT2D eigenvalue weighted by molar-refractivity contribution is 5.44. The van der Waals surface area contributed by atoms with E-state index in [-0.39, 0.29) is 5.92 Å². The number of hydrogen-bond donors (Lipinski definition) is 0. The second kappa shape index (κ2) is 8.18. The molecule has 2 saturated heterocycles. The van der Waals surface area contributed by atoms with Crippen molar-refractivity contribution >= 4 is 11.8 Å². The highest BCUT2D eigenvalue weighted by Gasteiger charge is 2.22. The first-order chi connectivity index (χ1) is 13.2. The minimum absolute atomic E-state index is 0.290. The van der Waals surface area contributed by atoms with Gasteiger partial charge in [0.25, 0.3) is 0 Å². The molecule has 0 atom stereocenters. The summed E-state index contributed by atoms with van der Waals surface area (Å²) in [6, 6.07) is 1.99. The van der Waals surface area contributed by atoms with Crippen molar-refractivity contribution in [2.45, 2.75) is 26.3 Å². The Kier molecular flexibility index (Phi) is 5.49. The smallest absolute Gasteiger partial charge is 0.240 e. The molecule has 2 aromatic heterocycles. The Morgan fingerprint density at radius 1 is 1.00 bits per heavy atom. The Morgan fingerprint density at radius 2 is 1.78 bits per heavy atom. The average molecular weight is 373 g/mol. The fraction of sp³-hybridized carbons (Fsp3) is 0.667. The maximum atomic E-state index is 5.41. The van der Waals surface area contributed by atoms with E-state index < -0.39 is 0 Å². The van der Waals surface area contributed by atoms with Crippen LogP contribution in [0.15, 0.2) is 16.8 Å². The molecule has 0 aliphatic carbocycles. The lowest BCUT2D eigenvalue weighted by Crippen LogP contribution is -2.46. The van der Waals surface area contributed by atoms with Crippen LogP contribution < -0.4 is 9.80 Å². The van der Waals surface area contributed by atoms with E-state index >= 15 is 0 Å². The lowest BCUT2D eigenvalue weighted by molar-refractivity contribution is 0.122. The first kappa shape index (κ1) is 18.1. The number of anilines is 2. The minimum atomic E-state index is 0.290. The van der Waals surface area contributed by atoms with E-state index in [4.69, 9.17) is 14.2 Å². The molecule has 0 radical (unpaired) electrons. The fourth-order valence-corrected chi connectivity index (χ4v) is 3.32. The van der Waals surface area contributed by atoms with Gasteiger partial charge in [0.15, 0.2) is 5.82 Å². The minimum Gasteiger partial charge on any atom is -0.378 e. The number of aromatic nitrogens is 4. The van der Waals surface area contributed by atoms with Crippen molar-refractivity contribution < 1.29 is 9.26 Å². The summed E-state index contributed by atoms with van der Waals surface area (Å²) in [6.45, 7) is 11.7. The molecular formula is C18H27N7O2. The summed E-state index contributed by atoms with van der Waals surface area (Å²) in [4.78, 5) is 20.5. The van der Waals surface area contributed by atoms with Crippen LogP contribution in [0.4, 0.5) is 11.8 Å². The monoisotopic (exact) mass is 373 g/mol. The molecule has 0 amide bonds. The quantitative estimate of drug-likeness (QED) is 0.766. The van der Waals surface area contributed by atoms with Gasteiger partial charge in [-0.15, -0.1) is 0 Å². The van der Waals surface area contributed by atoms with Crippen LogP contribution in [-0.4, -0.2) is 77.5 Å². The zero-order chi connectivity index (χ0) is 18.6. The Balaban J connectivity index is 1.33. The molecule has 9 nitrogen and oxygen atoms in total. The van der Waals surface area contributed by atoms with Gasteiger partial charge in [-0.2, -0.15) is 9.97 Å². The predicted octanol–water partition coefficient (Wildman–Crippen LogP) is 1.14. The topological polar surface area (TPSA) is 83.7 Å². The van der Waals surface area contributed by atoms with Gasteiger partial charge in [0.05, 0.1) is 19.8 Å². The van der Waals surface area contributed by atoms with Crippen LogP contribution in [0.25, 0.3) is 0 Å². The molecule has 0 spiro atoms. The molecule has 146 valence electrons. The van der Waals surface area contributed by atoms with Crippen molar-refractivity contribution in [3.05, 3.63) is 24.0 Å². The van der Waals surface area contributed by atoms with E-state index in [9.17, 15) is 0 Å². The number of ether oxygens (including phenoxy) is 1. The fourth-order valence-electron chi connectivity index (χ4n) is 3.32. The molecule has 2 aromatic rings. The van der Waals surface area contributed by atoms with E-state index in [2.05, 4.69) is 43.7 Å². The largest absolute Gasteiger partial charge is 0.378 e. The first-order valence-electron chi connectivity index (χ1n) is 9.64. The Labute approximate surface area is 159 Å². The van der Waals surface area contributed by atoms with Crippen LogP contribution in [-0.2, 0) is 11.3 Å². The summed E-state index contributed by atoms with van der Waals surface area (Å²) in [5.74, 6) is 3.55. The van der Waals surface area contributed by atoms with Gasteiger partial charge in [0, 0.05) is 51.4 Å². The van der Waals surface area contributed by atoms with Crippen molar-refractivity contribution in [1.82, 2.24) is 25.0 Å². The summed E-state index contributed by atoms with van der Waals surface area (Å²) in [7, 11) is 0. The van der Waals surface area contributed by atoms with Crippen molar-refractivity contribution in [2.75, 3.05) is 62.3 Å². The van der Waals surface area contributed by atoms with Crippen molar-refractivity contribution in [2.24, 2.45) is 0 Å². The Morgan fingerprint density at radius 3 is 2.48 bits per heavy atom. The van der Waals surface area contributed by atoms with Gasteiger partial charge in [-0.1, -0.05) is 19.0 Å². The van der Waals surface area contributed by atoms with Crippen molar-refractivity contribution in [3.63, 3.8) is 0 Å². The first-order valence-corrected chi connectivity index (χ1v) is 9.64. The SMILES string of the molecule is CC(C)c1noc(CN2CCN(c3ccnc(N4CCOCC4)n3)CC2)n1. The Hall–Kier alpha value is -2.26. The summed E-state index contributed by atoms with van der Waals surface area (Å²) in [5, 5.41) is 4.04. The maximum absolute atomic E-state index is 5.41. The summed E-state index contributed by atoms with van der Waals surface area (Å²) >= 11 is 0. The molecule has 27 heavy (non-hydrogen) atoms. The molecular weight excluding hydrogens is 346 g/mol. The third-order valence-corrected chi connectivity index (χ3v) is 4.98. The maximum Gasteiger partial charge on any atom is 0.240 e. The van der Waals surface area contributed by atoms with E-state index in [1.54, 1.807) is 0 Å². The van der Waals surface area contributed by atoms with E-state index in [0.717, 1.165) is 70.1 Å². The van der Waals surface area contributed by atoms with Crippen LogP contribution in [0.5, 0.6) is 0 Å². The van der Waals surface area contributed by atoms with Gasteiger partial charge in [-0.05, 0) is 6.07 Å². The van der Waals surface area contributed by atoms with E-state index in [1.807, 2.05) is 12.3 Å². The van der Waals surface area contributed by atoms with E-state index in [0.29, 0.717) is 12.4 Å². The molecule has 2 aliphatic heterocycles. The summed E-state index contributed by atoms with van der Waals surface area (Å²) in [6.07, 6.45) is 1.85. The van der Waals surface area contributed by atoms with Crippen molar-refractivity contribution in [3.8, 4) is 0 Å². The van der Waals surface area contributed by atoms with Crippen molar-refractivity contribution in [1.29, 1.82) is 0 Å². The van der Waals surface area contributed by atoms with Crippen LogP contribution in [0.1, 0.15) is 31.5 Å². The molecule has 2 aliphatic rings. The molecule has 2 fully saturated rings. The second-order valence-corrected chi connectivity index (χ2v) is 7.28. The molecule has 0 unspecified atom stereocenters. The Bertz CT molecular complexity index is 737. The number of hydrogen-bond acceptors (Lipinski definition) is 9. The third kappa shape index (κ3) is 4.36. The number of piperazine rings is 1. The van der Waals surface area contributed by atoms with Gasteiger partial charge in [-0.3, -0.25) is 4.90 Å². The zero-order valence-electron chi connectivity index (χ0n) is 16.0. The lowest BCUT2D eigenvalue weighted by Gasteiger charge is -2.35. The summed E-state index contributed by atoms with van der Waals surface area (Å²) < 4.78 is 10.8. The molecule has 9 heteroatoms. The van der Waals surface area contributed by atoms with Gasteiger partial charge >= 0.3 is 0 Å². The van der Waals surface area contributed by atoms with Crippen LogP contribution in [0, 0.1) is 0 Å². The lowest BCUT2D eigenvalue weighted by atomic mass is 10.2. The average Bonchev–Trinajstić information content (AvgIpc) is 3.18. The standard InChI is InChI=1S/C18H27N7O2/c1-14(2)17-21-16(27-22-17)13-23-5-7-24(8-6-23)15-3-4-19-18(20-15)25-9-11-26-12-10-25/h3-4,14H,5-13H2,1-2H3. The van der Waals surface area contributed by atoms with E-state index in [1.165, 1.54) is 0 Å². The van der Waals surface area contributed by atoms with Gasteiger partial charge in [0.2, 0.25) is 11.8 Å². The molecule has 0 N–H and O–H groups in total. The van der Waals surface area contributed by atoms with Crippen LogP contribution in [0.3, 0.4) is 0 Å². The highest BCUT2D eigenvalue weighted by atomic mass is 16.5. The van der Waals surface area contributed by atoms with Gasteiger partial charge < -0.3 is 19.1 Å². The molecule has 4 rings (SSSR count).